The van der Waals surface area contributed by atoms with Gasteiger partial charge < -0.3 is 19.7 Å². The molecule has 1 unspecified atom stereocenters. The normalized spacial score (nSPS) is 31.1. The molecule has 1 amide bonds. The van der Waals surface area contributed by atoms with Crippen LogP contribution in [0.3, 0.4) is 0 Å². The third-order valence-corrected chi connectivity index (χ3v) is 3.21. The molecule has 0 saturated carbocycles. The number of amides is 1. The van der Waals surface area contributed by atoms with Crippen LogP contribution in [0.4, 0.5) is 4.79 Å². The van der Waals surface area contributed by atoms with E-state index in [4.69, 9.17) is 9.47 Å². The van der Waals surface area contributed by atoms with Gasteiger partial charge in [-0.25, -0.2) is 4.79 Å². The maximum absolute atomic E-state index is 11.0. The molecule has 5 heteroatoms. The van der Waals surface area contributed by atoms with E-state index in [1.165, 1.54) is 0 Å². The second-order valence-electron chi connectivity index (χ2n) is 4.87. The van der Waals surface area contributed by atoms with Gasteiger partial charge in [0.1, 0.15) is 11.7 Å². The molecule has 92 valence electrons. The van der Waals surface area contributed by atoms with Crippen LogP contribution in [0.1, 0.15) is 19.8 Å². The first-order valence-corrected chi connectivity index (χ1v) is 5.86. The Morgan fingerprint density at radius 2 is 2.19 bits per heavy atom. The number of nitrogens with zero attached hydrogens (tertiary/aromatic N) is 1. The fraction of sp³-hybridized carbons (Fsp3) is 0.909. The lowest BCUT2D eigenvalue weighted by Gasteiger charge is -2.32. The van der Waals surface area contributed by atoms with Gasteiger partial charge in [-0.15, -0.1) is 0 Å². The Morgan fingerprint density at radius 1 is 1.56 bits per heavy atom. The van der Waals surface area contributed by atoms with Crippen molar-refractivity contribution in [2.45, 2.75) is 31.5 Å². The van der Waals surface area contributed by atoms with Crippen molar-refractivity contribution in [2.75, 3.05) is 33.3 Å². The first-order chi connectivity index (χ1) is 7.61. The minimum Gasteiger partial charge on any atom is -0.446 e. The van der Waals surface area contributed by atoms with Gasteiger partial charge in [-0.2, -0.15) is 0 Å². The molecule has 2 aliphatic heterocycles. The standard InChI is InChI=1S/C11H20N2O3/c1-11(8-15-11)7-13-5-3-9(4-6-13)16-10(14)12-2/h9H,3-8H2,1-2H3,(H,12,14). The van der Waals surface area contributed by atoms with Crippen LogP contribution in [0, 0.1) is 0 Å². The predicted molar refractivity (Wildman–Crippen MR) is 59.4 cm³/mol. The van der Waals surface area contributed by atoms with Crippen LogP contribution in [0.2, 0.25) is 0 Å². The lowest BCUT2D eigenvalue weighted by atomic mass is 10.1. The molecule has 16 heavy (non-hydrogen) atoms. The predicted octanol–water partition coefficient (Wildman–Crippen LogP) is 0.596. The quantitative estimate of drug-likeness (QED) is 0.719. The minimum atomic E-state index is -0.323. The van der Waals surface area contributed by atoms with Crippen molar-refractivity contribution in [2.24, 2.45) is 0 Å². The molecule has 2 saturated heterocycles. The summed E-state index contributed by atoms with van der Waals surface area (Å²) in [6, 6.07) is 0. The van der Waals surface area contributed by atoms with Gasteiger partial charge in [-0.05, 0) is 19.8 Å². The molecule has 1 N–H and O–H groups in total. The Labute approximate surface area is 96.1 Å². The van der Waals surface area contributed by atoms with E-state index in [0.29, 0.717) is 0 Å². The zero-order valence-electron chi connectivity index (χ0n) is 9.99. The van der Waals surface area contributed by atoms with Crippen molar-refractivity contribution in [3.05, 3.63) is 0 Å². The average Bonchev–Trinajstić information content (AvgIpc) is 2.99. The van der Waals surface area contributed by atoms with Crippen LogP contribution < -0.4 is 5.32 Å². The number of hydrogen-bond donors (Lipinski definition) is 1. The summed E-state index contributed by atoms with van der Waals surface area (Å²) in [7, 11) is 1.59. The van der Waals surface area contributed by atoms with Crippen molar-refractivity contribution in [1.29, 1.82) is 0 Å². The largest absolute Gasteiger partial charge is 0.446 e. The zero-order valence-corrected chi connectivity index (χ0v) is 9.99. The molecule has 0 bridgehead atoms. The minimum absolute atomic E-state index is 0.0733. The van der Waals surface area contributed by atoms with Crippen molar-refractivity contribution in [1.82, 2.24) is 10.2 Å². The van der Waals surface area contributed by atoms with Crippen LogP contribution >= 0.6 is 0 Å². The van der Waals surface area contributed by atoms with E-state index in [2.05, 4.69) is 17.1 Å². The van der Waals surface area contributed by atoms with Gasteiger partial charge in [0.2, 0.25) is 0 Å². The highest BCUT2D eigenvalue weighted by atomic mass is 16.6. The van der Waals surface area contributed by atoms with Crippen LogP contribution in [-0.2, 0) is 9.47 Å². The number of ether oxygens (including phenoxy) is 2. The molecule has 2 aliphatic rings. The number of hydrogen-bond acceptors (Lipinski definition) is 4. The van der Waals surface area contributed by atoms with Crippen molar-refractivity contribution in [3.8, 4) is 0 Å². The molecule has 1 atom stereocenters. The average molecular weight is 228 g/mol. The Kier molecular flexibility index (Phi) is 3.35. The summed E-state index contributed by atoms with van der Waals surface area (Å²) in [5.74, 6) is 0. The van der Waals surface area contributed by atoms with E-state index in [-0.39, 0.29) is 17.8 Å². The van der Waals surface area contributed by atoms with Crippen LogP contribution in [0.15, 0.2) is 0 Å². The third-order valence-electron chi connectivity index (χ3n) is 3.21. The SMILES string of the molecule is CNC(=O)OC1CCN(CC2(C)CO2)CC1. The van der Waals surface area contributed by atoms with E-state index in [1.807, 2.05) is 0 Å². The van der Waals surface area contributed by atoms with Gasteiger partial charge in [-0.3, -0.25) is 0 Å². The van der Waals surface area contributed by atoms with Crippen LogP contribution in [0.5, 0.6) is 0 Å². The lowest BCUT2D eigenvalue weighted by molar-refractivity contribution is 0.0456. The summed E-state index contributed by atoms with van der Waals surface area (Å²) in [5.41, 5.74) is 0.0918. The molecule has 2 rings (SSSR count). The maximum atomic E-state index is 11.0. The summed E-state index contributed by atoms with van der Waals surface area (Å²) >= 11 is 0. The van der Waals surface area contributed by atoms with Gasteiger partial charge >= 0.3 is 6.09 Å². The molecule has 5 nitrogen and oxygen atoms in total. The Hall–Kier alpha value is -0.810. The molecule has 2 heterocycles. The summed E-state index contributed by atoms with van der Waals surface area (Å²) in [6.45, 7) is 5.99. The number of carbonyl (C=O) groups is 1. The first kappa shape index (κ1) is 11.7. The molecule has 0 spiro atoms. The number of likely N-dealkylation sites (tertiary alicyclic amines) is 1. The highest BCUT2D eigenvalue weighted by Gasteiger charge is 2.41. The Bertz CT molecular complexity index is 258. The number of piperidine rings is 1. The molecule has 0 radical (unpaired) electrons. The fourth-order valence-corrected chi connectivity index (χ4v) is 2.08. The van der Waals surface area contributed by atoms with E-state index in [1.54, 1.807) is 7.05 Å². The zero-order chi connectivity index (χ0) is 11.6. The smallest absolute Gasteiger partial charge is 0.407 e. The van der Waals surface area contributed by atoms with Gasteiger partial charge in [-0.1, -0.05) is 0 Å². The number of alkyl carbamates (subject to hydrolysis) is 1. The van der Waals surface area contributed by atoms with Crippen LogP contribution in [0.25, 0.3) is 0 Å². The fourth-order valence-electron chi connectivity index (χ4n) is 2.08. The summed E-state index contributed by atoms with van der Waals surface area (Å²) in [4.78, 5) is 13.4. The van der Waals surface area contributed by atoms with E-state index in [0.717, 1.165) is 39.1 Å². The van der Waals surface area contributed by atoms with Crippen molar-refractivity contribution < 1.29 is 14.3 Å². The highest BCUT2D eigenvalue weighted by molar-refractivity contribution is 5.66. The Morgan fingerprint density at radius 3 is 2.69 bits per heavy atom. The summed E-state index contributed by atoms with van der Waals surface area (Å²) in [5, 5.41) is 2.48. The van der Waals surface area contributed by atoms with Gasteiger partial charge in [0.25, 0.3) is 0 Å². The second-order valence-corrected chi connectivity index (χ2v) is 4.87. The van der Waals surface area contributed by atoms with E-state index in [9.17, 15) is 4.79 Å². The lowest BCUT2D eigenvalue weighted by Crippen LogP contribution is -2.42. The maximum Gasteiger partial charge on any atom is 0.407 e. The molecule has 2 fully saturated rings. The van der Waals surface area contributed by atoms with Gasteiger partial charge in [0.05, 0.1) is 6.61 Å². The highest BCUT2D eigenvalue weighted by Crippen LogP contribution is 2.28. The number of rotatable bonds is 3. The number of nitrogens with one attached hydrogen (secondary N) is 1. The number of carbonyl (C=O) groups excluding carboxylic acids is 1. The van der Waals surface area contributed by atoms with Gasteiger partial charge in [0, 0.05) is 26.7 Å². The summed E-state index contributed by atoms with van der Waals surface area (Å²) < 4.78 is 10.6. The van der Waals surface area contributed by atoms with Crippen LogP contribution in [-0.4, -0.2) is 56.0 Å². The molecule has 0 aromatic carbocycles. The van der Waals surface area contributed by atoms with Gasteiger partial charge in [0.15, 0.2) is 0 Å². The van der Waals surface area contributed by atoms with E-state index >= 15 is 0 Å². The van der Waals surface area contributed by atoms with E-state index < -0.39 is 0 Å². The van der Waals surface area contributed by atoms with Crippen molar-refractivity contribution >= 4 is 6.09 Å². The molecule has 0 aromatic heterocycles. The molecular weight excluding hydrogens is 208 g/mol. The topological polar surface area (TPSA) is 54.1 Å². The molecule has 0 aliphatic carbocycles. The summed E-state index contributed by atoms with van der Waals surface area (Å²) in [6.07, 6.45) is 1.59. The molecule has 0 aromatic rings. The monoisotopic (exact) mass is 228 g/mol. The first-order valence-electron chi connectivity index (χ1n) is 5.86. The van der Waals surface area contributed by atoms with Crippen molar-refractivity contribution in [3.63, 3.8) is 0 Å². The molecular formula is C11H20N2O3. The third kappa shape index (κ3) is 3.09. The second kappa shape index (κ2) is 4.59. The number of epoxide rings is 1. The Balaban J connectivity index is 1.68.